The molecule has 0 atom stereocenters. The molecule has 0 radical (unpaired) electrons. The standard InChI is InChI=1S/C7H6F3NS/c8-7(9,10)6-3-1-2-5(4-12)11-6/h1-3,12H,4H2. The number of aromatic nitrogens is 1. The number of thiol groups is 1. The molecule has 0 amide bonds. The summed E-state index contributed by atoms with van der Waals surface area (Å²) in [6.07, 6.45) is -4.36. The molecule has 5 heteroatoms. The Hall–Kier alpha value is -0.710. The predicted octanol–water partition coefficient (Wildman–Crippen LogP) is 2.53. The van der Waals surface area contributed by atoms with Gasteiger partial charge < -0.3 is 0 Å². The Kier molecular flexibility index (Phi) is 2.62. The van der Waals surface area contributed by atoms with Crippen molar-refractivity contribution >= 4 is 12.6 Å². The van der Waals surface area contributed by atoms with Gasteiger partial charge in [-0.25, -0.2) is 4.98 Å². The SMILES string of the molecule is FC(F)(F)c1cccc(CS)n1. The van der Waals surface area contributed by atoms with Crippen molar-refractivity contribution in [2.24, 2.45) is 0 Å². The van der Waals surface area contributed by atoms with Crippen molar-refractivity contribution in [1.82, 2.24) is 4.98 Å². The van der Waals surface area contributed by atoms with Gasteiger partial charge in [0, 0.05) is 5.75 Å². The fraction of sp³-hybridized carbons (Fsp3) is 0.286. The van der Waals surface area contributed by atoms with Crippen LogP contribution in [0.4, 0.5) is 13.2 Å². The maximum absolute atomic E-state index is 12.0. The van der Waals surface area contributed by atoms with E-state index in [0.29, 0.717) is 5.69 Å². The summed E-state index contributed by atoms with van der Waals surface area (Å²) in [6.45, 7) is 0. The average molecular weight is 193 g/mol. The van der Waals surface area contributed by atoms with Crippen LogP contribution in [0.25, 0.3) is 0 Å². The highest BCUT2D eigenvalue weighted by Crippen LogP contribution is 2.27. The first kappa shape index (κ1) is 9.38. The predicted molar refractivity (Wildman–Crippen MR) is 41.9 cm³/mol. The molecule has 0 unspecified atom stereocenters. The summed E-state index contributed by atoms with van der Waals surface area (Å²) in [5, 5.41) is 0. The molecule has 0 N–H and O–H groups in total. The van der Waals surface area contributed by atoms with E-state index in [1.54, 1.807) is 0 Å². The average Bonchev–Trinajstić information content (AvgIpc) is 2.03. The molecule has 0 aliphatic heterocycles. The first-order valence-electron chi connectivity index (χ1n) is 3.18. The molecule has 1 aromatic heterocycles. The fourth-order valence-electron chi connectivity index (χ4n) is 0.726. The minimum Gasteiger partial charge on any atom is -0.247 e. The van der Waals surface area contributed by atoms with Crippen LogP contribution in [0.2, 0.25) is 0 Å². The van der Waals surface area contributed by atoms with Crippen LogP contribution in [0.15, 0.2) is 18.2 Å². The summed E-state index contributed by atoms with van der Waals surface area (Å²) in [5.41, 5.74) is -0.540. The normalized spacial score (nSPS) is 11.7. The van der Waals surface area contributed by atoms with Crippen LogP contribution < -0.4 is 0 Å². The first-order chi connectivity index (χ1) is 5.54. The summed E-state index contributed by atoms with van der Waals surface area (Å²) in [5.74, 6) is 0.212. The molecule has 1 heterocycles. The van der Waals surface area contributed by atoms with Crippen molar-refractivity contribution < 1.29 is 13.2 Å². The van der Waals surface area contributed by atoms with E-state index in [1.807, 2.05) is 0 Å². The summed E-state index contributed by atoms with van der Waals surface area (Å²) in [7, 11) is 0. The van der Waals surface area contributed by atoms with Crippen molar-refractivity contribution in [2.75, 3.05) is 0 Å². The van der Waals surface area contributed by atoms with Crippen molar-refractivity contribution in [2.45, 2.75) is 11.9 Å². The van der Waals surface area contributed by atoms with Gasteiger partial charge in [-0.05, 0) is 12.1 Å². The van der Waals surface area contributed by atoms with E-state index >= 15 is 0 Å². The molecule has 0 saturated carbocycles. The van der Waals surface area contributed by atoms with Gasteiger partial charge in [0.25, 0.3) is 0 Å². The second-order valence-electron chi connectivity index (χ2n) is 2.17. The van der Waals surface area contributed by atoms with E-state index in [0.717, 1.165) is 6.07 Å². The Morgan fingerprint density at radius 2 is 2.00 bits per heavy atom. The molecular formula is C7H6F3NS. The minimum atomic E-state index is -4.36. The lowest BCUT2D eigenvalue weighted by atomic mass is 10.3. The highest BCUT2D eigenvalue weighted by molar-refractivity contribution is 7.79. The van der Waals surface area contributed by atoms with Gasteiger partial charge in [-0.1, -0.05) is 6.07 Å². The monoisotopic (exact) mass is 193 g/mol. The first-order valence-corrected chi connectivity index (χ1v) is 3.81. The zero-order valence-corrected chi connectivity index (χ0v) is 6.86. The smallest absolute Gasteiger partial charge is 0.247 e. The number of hydrogen-bond donors (Lipinski definition) is 1. The highest BCUT2D eigenvalue weighted by atomic mass is 32.1. The van der Waals surface area contributed by atoms with E-state index < -0.39 is 11.9 Å². The van der Waals surface area contributed by atoms with Gasteiger partial charge in [0.2, 0.25) is 0 Å². The van der Waals surface area contributed by atoms with Gasteiger partial charge in [-0.3, -0.25) is 0 Å². The molecule has 1 rings (SSSR count). The zero-order valence-electron chi connectivity index (χ0n) is 5.97. The summed E-state index contributed by atoms with van der Waals surface area (Å²) < 4.78 is 36.1. The fourth-order valence-corrected chi connectivity index (χ4v) is 0.902. The number of rotatable bonds is 1. The van der Waals surface area contributed by atoms with Gasteiger partial charge in [0.05, 0.1) is 5.69 Å². The van der Waals surface area contributed by atoms with Crippen LogP contribution in [0.3, 0.4) is 0 Å². The second-order valence-corrected chi connectivity index (χ2v) is 2.49. The van der Waals surface area contributed by atoms with E-state index in [4.69, 9.17) is 0 Å². The maximum atomic E-state index is 12.0. The van der Waals surface area contributed by atoms with Gasteiger partial charge in [-0.15, -0.1) is 0 Å². The summed E-state index contributed by atoms with van der Waals surface area (Å²) >= 11 is 3.82. The van der Waals surface area contributed by atoms with Crippen molar-refractivity contribution in [3.8, 4) is 0 Å². The topological polar surface area (TPSA) is 12.9 Å². The van der Waals surface area contributed by atoms with E-state index in [1.165, 1.54) is 12.1 Å². The molecule has 0 aliphatic rings. The molecule has 0 aromatic carbocycles. The molecule has 0 spiro atoms. The molecule has 0 saturated heterocycles. The number of hydrogen-bond acceptors (Lipinski definition) is 2. The van der Waals surface area contributed by atoms with Crippen LogP contribution in [-0.4, -0.2) is 4.98 Å². The largest absolute Gasteiger partial charge is 0.433 e. The molecule has 0 aliphatic carbocycles. The Morgan fingerprint density at radius 1 is 1.33 bits per heavy atom. The molecule has 12 heavy (non-hydrogen) atoms. The second kappa shape index (κ2) is 3.35. The Balaban J connectivity index is 3.02. The number of halogens is 3. The zero-order chi connectivity index (χ0) is 9.19. The van der Waals surface area contributed by atoms with Crippen molar-refractivity contribution in [3.05, 3.63) is 29.6 Å². The van der Waals surface area contributed by atoms with Crippen LogP contribution in [0.1, 0.15) is 11.4 Å². The number of nitrogens with zero attached hydrogens (tertiary/aromatic N) is 1. The van der Waals surface area contributed by atoms with Crippen LogP contribution in [0, 0.1) is 0 Å². The Labute approximate surface area is 73.0 Å². The quantitative estimate of drug-likeness (QED) is 0.676. The van der Waals surface area contributed by atoms with Crippen molar-refractivity contribution in [1.29, 1.82) is 0 Å². The van der Waals surface area contributed by atoms with Crippen LogP contribution in [0.5, 0.6) is 0 Å². The van der Waals surface area contributed by atoms with Crippen molar-refractivity contribution in [3.63, 3.8) is 0 Å². The lowest BCUT2D eigenvalue weighted by molar-refractivity contribution is -0.141. The Morgan fingerprint density at radius 3 is 2.50 bits per heavy atom. The summed E-state index contributed by atoms with van der Waals surface area (Å²) in [4.78, 5) is 3.36. The van der Waals surface area contributed by atoms with E-state index in [2.05, 4.69) is 17.6 Å². The molecule has 0 fully saturated rings. The third-order valence-electron chi connectivity index (χ3n) is 1.26. The van der Waals surface area contributed by atoms with Crippen LogP contribution >= 0.6 is 12.6 Å². The molecule has 1 nitrogen and oxygen atoms in total. The number of pyridine rings is 1. The summed E-state index contributed by atoms with van der Waals surface area (Å²) in [6, 6.07) is 3.76. The van der Waals surface area contributed by atoms with E-state index in [-0.39, 0.29) is 5.75 Å². The lowest BCUT2D eigenvalue weighted by Crippen LogP contribution is -2.08. The molecule has 0 bridgehead atoms. The van der Waals surface area contributed by atoms with Gasteiger partial charge in [0.15, 0.2) is 0 Å². The highest BCUT2D eigenvalue weighted by Gasteiger charge is 2.32. The molecular weight excluding hydrogens is 187 g/mol. The maximum Gasteiger partial charge on any atom is 0.433 e. The van der Waals surface area contributed by atoms with Gasteiger partial charge >= 0.3 is 6.18 Å². The third-order valence-corrected chi connectivity index (χ3v) is 1.58. The van der Waals surface area contributed by atoms with Gasteiger partial charge in [-0.2, -0.15) is 25.8 Å². The van der Waals surface area contributed by atoms with E-state index in [9.17, 15) is 13.2 Å². The third kappa shape index (κ3) is 2.14. The number of alkyl halides is 3. The van der Waals surface area contributed by atoms with Crippen LogP contribution in [-0.2, 0) is 11.9 Å². The van der Waals surface area contributed by atoms with Gasteiger partial charge in [0.1, 0.15) is 5.69 Å². The molecule has 66 valence electrons. The molecule has 1 aromatic rings. The Bertz CT molecular complexity index is 272. The lowest BCUT2D eigenvalue weighted by Gasteiger charge is -2.05. The minimum absolute atomic E-state index is 0.212.